The number of rotatable bonds is 7. The molecule has 0 bridgehead atoms. The van der Waals surface area contributed by atoms with Crippen molar-refractivity contribution in [3.8, 4) is 0 Å². The van der Waals surface area contributed by atoms with Gasteiger partial charge in [0, 0.05) is 23.8 Å². The molecule has 0 aliphatic heterocycles. The van der Waals surface area contributed by atoms with E-state index >= 15 is 0 Å². The fourth-order valence-electron chi connectivity index (χ4n) is 2.84. The van der Waals surface area contributed by atoms with Gasteiger partial charge in [-0.15, -0.1) is 11.3 Å². The van der Waals surface area contributed by atoms with Crippen LogP contribution in [0.4, 0.5) is 0 Å². The number of hydrogen-bond donors (Lipinski definition) is 1. The summed E-state index contributed by atoms with van der Waals surface area (Å²) in [5.74, 6) is 0.193. The van der Waals surface area contributed by atoms with E-state index in [0.29, 0.717) is 13.0 Å². The average molecular weight is 335 g/mol. The van der Waals surface area contributed by atoms with Crippen LogP contribution in [0.1, 0.15) is 28.3 Å². The molecular weight excluding hydrogens is 314 g/mol. The van der Waals surface area contributed by atoms with Gasteiger partial charge in [0.1, 0.15) is 0 Å². The summed E-state index contributed by atoms with van der Waals surface area (Å²) in [6, 6.07) is 24.6. The highest BCUT2D eigenvalue weighted by Crippen LogP contribution is 2.27. The monoisotopic (exact) mass is 335 g/mol. The molecule has 0 unspecified atom stereocenters. The van der Waals surface area contributed by atoms with Crippen LogP contribution >= 0.6 is 11.3 Å². The highest BCUT2D eigenvalue weighted by Gasteiger charge is 2.17. The lowest BCUT2D eigenvalue weighted by molar-refractivity contribution is -0.121. The highest BCUT2D eigenvalue weighted by atomic mass is 32.1. The zero-order valence-corrected chi connectivity index (χ0v) is 14.3. The van der Waals surface area contributed by atoms with Crippen LogP contribution in [0, 0.1) is 0 Å². The number of hydrogen-bond acceptors (Lipinski definition) is 2. The number of benzene rings is 2. The van der Waals surface area contributed by atoms with Gasteiger partial charge < -0.3 is 5.32 Å². The third kappa shape index (κ3) is 4.56. The van der Waals surface area contributed by atoms with Crippen molar-refractivity contribution >= 4 is 17.2 Å². The van der Waals surface area contributed by atoms with Crippen LogP contribution in [-0.2, 0) is 11.2 Å². The van der Waals surface area contributed by atoms with Crippen molar-refractivity contribution in [3.63, 3.8) is 0 Å². The van der Waals surface area contributed by atoms with Gasteiger partial charge in [-0.2, -0.15) is 0 Å². The molecular formula is C21H21NOS. The van der Waals surface area contributed by atoms with Crippen molar-refractivity contribution in [2.45, 2.75) is 18.8 Å². The first-order chi connectivity index (χ1) is 11.8. The molecule has 122 valence electrons. The second kappa shape index (κ2) is 8.46. The molecule has 1 heterocycles. The molecule has 3 rings (SSSR count). The molecule has 1 aromatic heterocycles. The summed E-state index contributed by atoms with van der Waals surface area (Å²) in [5, 5.41) is 5.13. The zero-order chi connectivity index (χ0) is 16.6. The van der Waals surface area contributed by atoms with Crippen LogP contribution in [0.2, 0.25) is 0 Å². The highest BCUT2D eigenvalue weighted by molar-refractivity contribution is 7.09. The van der Waals surface area contributed by atoms with Crippen LogP contribution in [0.5, 0.6) is 0 Å². The maximum absolute atomic E-state index is 12.4. The van der Waals surface area contributed by atoms with Crippen LogP contribution in [0.25, 0.3) is 0 Å². The Morgan fingerprint density at radius 1 is 0.875 bits per heavy atom. The second-order valence-electron chi connectivity index (χ2n) is 5.76. The summed E-state index contributed by atoms with van der Waals surface area (Å²) in [5.41, 5.74) is 2.36. The SMILES string of the molecule is O=C(CC(c1ccccc1)c1ccccc1)NCCc1cccs1. The van der Waals surface area contributed by atoms with E-state index in [4.69, 9.17) is 0 Å². The lowest BCUT2D eigenvalue weighted by Gasteiger charge is -2.18. The molecule has 0 saturated carbocycles. The zero-order valence-electron chi connectivity index (χ0n) is 13.5. The number of thiophene rings is 1. The van der Waals surface area contributed by atoms with Gasteiger partial charge in [-0.1, -0.05) is 66.7 Å². The van der Waals surface area contributed by atoms with E-state index in [1.54, 1.807) is 11.3 Å². The summed E-state index contributed by atoms with van der Waals surface area (Å²) < 4.78 is 0. The number of amides is 1. The van der Waals surface area contributed by atoms with Gasteiger partial charge in [0.15, 0.2) is 0 Å². The van der Waals surface area contributed by atoms with E-state index in [-0.39, 0.29) is 11.8 Å². The largest absolute Gasteiger partial charge is 0.356 e. The predicted octanol–water partition coefficient (Wildman–Crippen LogP) is 4.63. The third-order valence-electron chi connectivity index (χ3n) is 4.07. The topological polar surface area (TPSA) is 29.1 Å². The minimum atomic E-state index is 0.0918. The average Bonchev–Trinajstić information content (AvgIpc) is 3.15. The van der Waals surface area contributed by atoms with E-state index in [0.717, 1.165) is 6.42 Å². The van der Waals surface area contributed by atoms with E-state index < -0.39 is 0 Å². The Labute approximate surface area is 147 Å². The molecule has 0 radical (unpaired) electrons. The van der Waals surface area contributed by atoms with Crippen molar-refractivity contribution in [2.75, 3.05) is 6.54 Å². The molecule has 24 heavy (non-hydrogen) atoms. The van der Waals surface area contributed by atoms with E-state index in [1.807, 2.05) is 42.5 Å². The van der Waals surface area contributed by atoms with Crippen LogP contribution in [0.15, 0.2) is 78.2 Å². The Morgan fingerprint density at radius 3 is 2.04 bits per heavy atom. The minimum absolute atomic E-state index is 0.0918. The maximum atomic E-state index is 12.4. The molecule has 0 atom stereocenters. The number of nitrogens with one attached hydrogen (secondary N) is 1. The Kier molecular flexibility index (Phi) is 5.80. The second-order valence-corrected chi connectivity index (χ2v) is 6.79. The molecule has 3 aromatic rings. The summed E-state index contributed by atoms with van der Waals surface area (Å²) in [6.45, 7) is 0.690. The summed E-state index contributed by atoms with van der Waals surface area (Å²) in [6.07, 6.45) is 1.36. The van der Waals surface area contributed by atoms with Gasteiger partial charge in [0.25, 0.3) is 0 Å². The van der Waals surface area contributed by atoms with Crippen LogP contribution < -0.4 is 5.32 Å². The first-order valence-corrected chi connectivity index (χ1v) is 9.10. The van der Waals surface area contributed by atoms with Gasteiger partial charge in [-0.3, -0.25) is 4.79 Å². The molecule has 1 N–H and O–H groups in total. The molecule has 2 aromatic carbocycles. The summed E-state index contributed by atoms with van der Waals surface area (Å²) >= 11 is 1.73. The van der Waals surface area contributed by atoms with Gasteiger partial charge >= 0.3 is 0 Å². The van der Waals surface area contributed by atoms with Crippen molar-refractivity contribution in [3.05, 3.63) is 94.2 Å². The van der Waals surface area contributed by atoms with Crippen molar-refractivity contribution < 1.29 is 4.79 Å². The van der Waals surface area contributed by atoms with Crippen molar-refractivity contribution in [1.82, 2.24) is 5.32 Å². The molecule has 0 saturated heterocycles. The van der Waals surface area contributed by atoms with E-state index in [2.05, 4.69) is 41.0 Å². The fourth-order valence-corrected chi connectivity index (χ4v) is 3.55. The Hall–Kier alpha value is -2.39. The summed E-state index contributed by atoms with van der Waals surface area (Å²) in [7, 11) is 0. The number of carbonyl (C=O) groups is 1. The Balaban J connectivity index is 1.64. The van der Waals surface area contributed by atoms with Gasteiger partial charge in [-0.05, 0) is 29.0 Å². The van der Waals surface area contributed by atoms with Crippen LogP contribution in [-0.4, -0.2) is 12.5 Å². The summed E-state index contributed by atoms with van der Waals surface area (Å²) in [4.78, 5) is 13.7. The predicted molar refractivity (Wildman–Crippen MR) is 100 cm³/mol. The molecule has 1 amide bonds. The standard InChI is InChI=1S/C21H21NOS/c23-21(22-14-13-19-12-7-15-24-19)16-20(17-8-3-1-4-9-17)18-10-5-2-6-11-18/h1-12,15,20H,13-14,16H2,(H,22,23). The first-order valence-electron chi connectivity index (χ1n) is 8.22. The molecule has 0 fully saturated rings. The smallest absolute Gasteiger partial charge is 0.220 e. The molecule has 3 heteroatoms. The molecule has 0 aliphatic rings. The Morgan fingerprint density at radius 2 is 1.50 bits per heavy atom. The minimum Gasteiger partial charge on any atom is -0.356 e. The number of carbonyl (C=O) groups excluding carboxylic acids is 1. The quantitative estimate of drug-likeness (QED) is 0.670. The third-order valence-corrected chi connectivity index (χ3v) is 5.00. The van der Waals surface area contributed by atoms with Crippen molar-refractivity contribution in [1.29, 1.82) is 0 Å². The molecule has 0 aliphatic carbocycles. The molecule has 0 spiro atoms. The normalized spacial score (nSPS) is 10.7. The fraction of sp³-hybridized carbons (Fsp3) is 0.190. The van der Waals surface area contributed by atoms with E-state index in [1.165, 1.54) is 16.0 Å². The van der Waals surface area contributed by atoms with Crippen LogP contribution in [0.3, 0.4) is 0 Å². The van der Waals surface area contributed by atoms with Gasteiger partial charge in [-0.25, -0.2) is 0 Å². The first kappa shape index (κ1) is 16.5. The maximum Gasteiger partial charge on any atom is 0.220 e. The van der Waals surface area contributed by atoms with Gasteiger partial charge in [0.2, 0.25) is 5.91 Å². The molecule has 2 nitrogen and oxygen atoms in total. The Bertz CT molecular complexity index is 699. The lowest BCUT2D eigenvalue weighted by atomic mass is 9.88. The lowest BCUT2D eigenvalue weighted by Crippen LogP contribution is -2.27. The van der Waals surface area contributed by atoms with Crippen molar-refractivity contribution in [2.24, 2.45) is 0 Å². The van der Waals surface area contributed by atoms with Gasteiger partial charge in [0.05, 0.1) is 0 Å². The van der Waals surface area contributed by atoms with E-state index in [9.17, 15) is 4.79 Å².